The van der Waals surface area contributed by atoms with Crippen molar-refractivity contribution in [3.63, 3.8) is 0 Å². The molecule has 3 rings (SSSR count). The highest BCUT2D eigenvalue weighted by molar-refractivity contribution is 5.96. The summed E-state index contributed by atoms with van der Waals surface area (Å²) in [4.78, 5) is 14.8. The second-order valence-electron chi connectivity index (χ2n) is 6.28. The molecule has 0 radical (unpaired) electrons. The van der Waals surface area contributed by atoms with Crippen LogP contribution in [0.4, 0.5) is 5.69 Å². The van der Waals surface area contributed by atoms with Gasteiger partial charge in [-0.15, -0.1) is 0 Å². The van der Waals surface area contributed by atoms with Gasteiger partial charge in [0.2, 0.25) is 5.91 Å². The van der Waals surface area contributed by atoms with Crippen molar-refractivity contribution in [3.8, 4) is 0 Å². The van der Waals surface area contributed by atoms with Gasteiger partial charge in [0.1, 0.15) is 0 Å². The van der Waals surface area contributed by atoms with E-state index >= 15 is 0 Å². The second-order valence-corrected chi connectivity index (χ2v) is 6.28. The van der Waals surface area contributed by atoms with E-state index < -0.39 is 0 Å². The smallest absolute Gasteiger partial charge is 0.241 e. The minimum absolute atomic E-state index is 0.0762. The molecule has 1 saturated heterocycles. The Morgan fingerprint density at radius 2 is 2.14 bits per heavy atom. The molecule has 114 valence electrons. The number of carbonyl (C=O) groups is 1. The molecular weight excluding hydrogens is 262 g/mol. The molecule has 4 heteroatoms. The fourth-order valence-electron chi connectivity index (χ4n) is 3.39. The van der Waals surface area contributed by atoms with Crippen molar-refractivity contribution in [1.29, 1.82) is 0 Å². The molecule has 2 N–H and O–H groups in total. The van der Waals surface area contributed by atoms with Crippen LogP contribution >= 0.6 is 0 Å². The molecule has 1 fully saturated rings. The predicted octanol–water partition coefficient (Wildman–Crippen LogP) is 2.01. The van der Waals surface area contributed by atoms with E-state index in [1.54, 1.807) is 0 Å². The zero-order valence-electron chi connectivity index (χ0n) is 12.8. The lowest BCUT2D eigenvalue weighted by atomic mass is 10.0. The van der Waals surface area contributed by atoms with Gasteiger partial charge in [-0.3, -0.25) is 4.79 Å². The van der Waals surface area contributed by atoms with E-state index in [1.807, 2.05) is 18.2 Å². The summed E-state index contributed by atoms with van der Waals surface area (Å²) in [5.41, 5.74) is 2.21. The average molecular weight is 287 g/mol. The number of nitrogens with one attached hydrogen (secondary N) is 2. The lowest BCUT2D eigenvalue weighted by molar-refractivity contribution is -0.118. The van der Waals surface area contributed by atoms with Gasteiger partial charge in [0.15, 0.2) is 0 Å². The van der Waals surface area contributed by atoms with Crippen molar-refractivity contribution in [2.24, 2.45) is 0 Å². The van der Waals surface area contributed by atoms with Crippen molar-refractivity contribution in [1.82, 2.24) is 10.2 Å². The predicted molar refractivity (Wildman–Crippen MR) is 85.5 cm³/mol. The quantitative estimate of drug-likeness (QED) is 0.894. The molecule has 1 amide bonds. The molecule has 2 atom stereocenters. The minimum atomic E-state index is -0.0762. The van der Waals surface area contributed by atoms with Crippen LogP contribution in [-0.2, 0) is 11.2 Å². The van der Waals surface area contributed by atoms with Crippen molar-refractivity contribution in [3.05, 3.63) is 29.8 Å². The number of amides is 1. The van der Waals surface area contributed by atoms with E-state index in [0.29, 0.717) is 6.04 Å². The van der Waals surface area contributed by atoms with Gasteiger partial charge in [0.25, 0.3) is 0 Å². The Bertz CT molecular complexity index is 503. The Labute approximate surface area is 126 Å². The van der Waals surface area contributed by atoms with Crippen LogP contribution in [0.5, 0.6) is 0 Å². The lowest BCUT2D eigenvalue weighted by Crippen LogP contribution is -2.48. The van der Waals surface area contributed by atoms with Crippen LogP contribution in [0.2, 0.25) is 0 Å². The monoisotopic (exact) mass is 287 g/mol. The van der Waals surface area contributed by atoms with Gasteiger partial charge < -0.3 is 15.5 Å². The number of fused-ring (bicyclic) bond motifs is 1. The minimum Gasteiger partial charge on any atom is -0.324 e. The van der Waals surface area contributed by atoms with E-state index in [0.717, 1.165) is 25.1 Å². The largest absolute Gasteiger partial charge is 0.324 e. The van der Waals surface area contributed by atoms with Crippen LogP contribution in [0.25, 0.3) is 0 Å². The summed E-state index contributed by atoms with van der Waals surface area (Å²) in [6, 6.07) is 8.60. The topological polar surface area (TPSA) is 44.4 Å². The molecule has 2 unspecified atom stereocenters. The highest BCUT2D eigenvalue weighted by atomic mass is 16.2. The Balaban J connectivity index is 1.58. The Kier molecular flexibility index (Phi) is 4.56. The Morgan fingerprint density at radius 3 is 3.00 bits per heavy atom. The number of para-hydroxylation sites is 1. The number of benzene rings is 1. The van der Waals surface area contributed by atoms with Crippen LogP contribution in [0.1, 0.15) is 31.2 Å². The molecule has 2 aliphatic heterocycles. The summed E-state index contributed by atoms with van der Waals surface area (Å²) in [6.45, 7) is 2.08. The number of hydrogen-bond acceptors (Lipinski definition) is 3. The van der Waals surface area contributed by atoms with Crippen LogP contribution in [0.3, 0.4) is 0 Å². The zero-order chi connectivity index (χ0) is 14.7. The lowest BCUT2D eigenvalue weighted by Gasteiger charge is -2.33. The van der Waals surface area contributed by atoms with Crippen molar-refractivity contribution in [2.45, 2.75) is 44.2 Å². The molecule has 2 heterocycles. The van der Waals surface area contributed by atoms with Crippen molar-refractivity contribution < 1.29 is 4.79 Å². The van der Waals surface area contributed by atoms with Gasteiger partial charge in [0.05, 0.1) is 6.04 Å². The number of nitrogens with zero attached hydrogens (tertiary/aromatic N) is 1. The fraction of sp³-hybridized carbons (Fsp3) is 0.588. The molecule has 2 aliphatic rings. The standard InChI is InChI=1S/C17H25N3O/c1-20-11-5-4-7-14(20)12-18-16-10-9-13-6-2-3-8-15(13)19-17(16)21/h2-3,6,8,14,16,18H,4-5,7,9-12H2,1H3,(H,19,21). The summed E-state index contributed by atoms with van der Waals surface area (Å²) < 4.78 is 0. The first kappa shape index (κ1) is 14.5. The molecular formula is C17H25N3O. The number of anilines is 1. The summed E-state index contributed by atoms with van der Waals surface area (Å²) in [7, 11) is 2.19. The van der Waals surface area contributed by atoms with Crippen LogP contribution in [0, 0.1) is 0 Å². The molecule has 1 aromatic rings. The number of carbonyl (C=O) groups excluding carboxylic acids is 1. The molecule has 0 aromatic heterocycles. The van der Waals surface area contributed by atoms with Gasteiger partial charge in [-0.25, -0.2) is 0 Å². The summed E-state index contributed by atoms with van der Waals surface area (Å²) in [5, 5.41) is 6.55. The molecule has 0 aliphatic carbocycles. The second kappa shape index (κ2) is 6.58. The maximum atomic E-state index is 12.3. The molecule has 21 heavy (non-hydrogen) atoms. The first-order valence-electron chi connectivity index (χ1n) is 8.06. The summed E-state index contributed by atoms with van der Waals surface area (Å²) in [5.74, 6) is 0.110. The van der Waals surface area contributed by atoms with E-state index in [4.69, 9.17) is 0 Å². The number of aryl methyl sites for hydroxylation is 1. The number of hydrogen-bond donors (Lipinski definition) is 2. The van der Waals surface area contributed by atoms with E-state index in [2.05, 4.69) is 28.6 Å². The maximum Gasteiger partial charge on any atom is 0.241 e. The highest BCUT2D eigenvalue weighted by Gasteiger charge is 2.25. The zero-order valence-corrected chi connectivity index (χ0v) is 12.8. The van der Waals surface area contributed by atoms with Gasteiger partial charge in [-0.2, -0.15) is 0 Å². The maximum absolute atomic E-state index is 12.3. The molecule has 0 spiro atoms. The third-order valence-electron chi connectivity index (χ3n) is 4.82. The third-order valence-corrected chi connectivity index (χ3v) is 4.82. The SMILES string of the molecule is CN1CCCCC1CNC1CCc2ccccc2NC1=O. The van der Waals surface area contributed by atoms with Gasteiger partial charge in [-0.1, -0.05) is 24.6 Å². The van der Waals surface area contributed by atoms with Crippen molar-refractivity contribution in [2.75, 3.05) is 25.5 Å². The highest BCUT2D eigenvalue weighted by Crippen LogP contribution is 2.22. The van der Waals surface area contributed by atoms with Crippen LogP contribution in [-0.4, -0.2) is 43.0 Å². The summed E-state index contributed by atoms with van der Waals surface area (Å²) in [6.07, 6.45) is 5.66. The molecule has 1 aromatic carbocycles. The molecule has 0 saturated carbocycles. The normalized spacial score (nSPS) is 26.8. The number of likely N-dealkylation sites (N-methyl/N-ethyl adjacent to an activating group) is 1. The molecule has 0 bridgehead atoms. The van der Waals surface area contributed by atoms with E-state index in [9.17, 15) is 4.79 Å². The molecule has 4 nitrogen and oxygen atoms in total. The average Bonchev–Trinajstić information content (AvgIpc) is 2.65. The fourth-order valence-corrected chi connectivity index (χ4v) is 3.39. The number of likely N-dealkylation sites (tertiary alicyclic amines) is 1. The van der Waals surface area contributed by atoms with Crippen LogP contribution in [0.15, 0.2) is 24.3 Å². The first-order chi connectivity index (χ1) is 10.2. The third kappa shape index (κ3) is 3.44. The summed E-state index contributed by atoms with van der Waals surface area (Å²) >= 11 is 0. The Hall–Kier alpha value is -1.39. The van der Waals surface area contributed by atoms with Gasteiger partial charge >= 0.3 is 0 Å². The van der Waals surface area contributed by atoms with Crippen molar-refractivity contribution >= 4 is 11.6 Å². The van der Waals surface area contributed by atoms with Crippen LogP contribution < -0.4 is 10.6 Å². The first-order valence-corrected chi connectivity index (χ1v) is 8.06. The Morgan fingerprint density at radius 1 is 1.29 bits per heavy atom. The number of rotatable bonds is 3. The number of piperidine rings is 1. The van der Waals surface area contributed by atoms with E-state index in [1.165, 1.54) is 31.4 Å². The van der Waals surface area contributed by atoms with Gasteiger partial charge in [0, 0.05) is 18.3 Å². The van der Waals surface area contributed by atoms with Gasteiger partial charge in [-0.05, 0) is 50.9 Å². The van der Waals surface area contributed by atoms with E-state index in [-0.39, 0.29) is 11.9 Å².